The molecule has 1 aliphatic carbocycles. The van der Waals surface area contributed by atoms with Gasteiger partial charge < -0.3 is 14.3 Å². The lowest BCUT2D eigenvalue weighted by atomic mass is 9.70. The summed E-state index contributed by atoms with van der Waals surface area (Å²) in [6.07, 6.45) is 4.45. The van der Waals surface area contributed by atoms with E-state index in [9.17, 15) is 0 Å². The van der Waals surface area contributed by atoms with Crippen LogP contribution in [0.5, 0.6) is 0 Å². The highest BCUT2D eigenvalue weighted by atomic mass is 16.3. The largest absolute Gasteiger partial charge is 0.436 e. The molecule has 9 rings (SSSR count). The molecule has 0 atom stereocenters. The first-order valence-corrected chi connectivity index (χ1v) is 15.4. The summed E-state index contributed by atoms with van der Waals surface area (Å²) in [5, 5.41) is 2.36. The van der Waals surface area contributed by atoms with Crippen molar-refractivity contribution in [2.45, 2.75) is 32.1 Å². The fourth-order valence-corrected chi connectivity index (χ4v) is 7.30. The van der Waals surface area contributed by atoms with Crippen LogP contribution in [0.4, 0.5) is 11.4 Å². The van der Waals surface area contributed by atoms with Gasteiger partial charge >= 0.3 is 0 Å². The average Bonchev–Trinajstić information content (AvgIpc) is 3.65. The molecule has 212 valence electrons. The van der Waals surface area contributed by atoms with Crippen molar-refractivity contribution >= 4 is 49.9 Å². The molecule has 0 spiro atoms. The lowest BCUT2D eigenvalue weighted by molar-refractivity contribution is 0.605. The molecule has 0 fully saturated rings. The molecule has 3 heterocycles. The predicted octanol–water partition coefficient (Wildman–Crippen LogP) is 10.7. The Labute approximate surface area is 256 Å². The monoisotopic (exact) mass is 569 g/mol. The van der Waals surface area contributed by atoms with Crippen molar-refractivity contribution in [2.24, 2.45) is 0 Å². The Hall–Kier alpha value is -5.35. The van der Waals surface area contributed by atoms with E-state index in [0.29, 0.717) is 5.89 Å². The van der Waals surface area contributed by atoms with Crippen molar-refractivity contribution in [3.05, 3.63) is 144 Å². The Kier molecular flexibility index (Phi) is 5.33. The number of nitrogens with one attached hydrogen (secondary N) is 1. The molecule has 0 radical (unpaired) electrons. The number of hydrogen-bond donors (Lipinski definition) is 1. The Morgan fingerprint density at radius 2 is 1.48 bits per heavy atom. The van der Waals surface area contributed by atoms with Crippen LogP contribution in [-0.2, 0) is 5.41 Å². The number of fused-ring (bicyclic) bond motifs is 5. The topological polar surface area (TPSA) is 45.1 Å². The number of oxazole rings is 1. The van der Waals surface area contributed by atoms with Crippen molar-refractivity contribution in [1.29, 1.82) is 0 Å². The highest BCUT2D eigenvalue weighted by Gasteiger charge is 2.39. The molecule has 4 nitrogen and oxygen atoms in total. The summed E-state index contributed by atoms with van der Waals surface area (Å²) in [5.41, 5.74) is 14.1. The average molecular weight is 570 g/mol. The Morgan fingerprint density at radius 1 is 0.727 bits per heavy atom. The standard InChI is InChI=1S/C40H31N3O/c1-40(2)31-15-9-10-16-36(31)43(28-13-7-4-8-14-28)37-20-18-27(22-32(37)40)26-17-19-33-29(21-26)30-23-38-35(24-34(30)41-33)42-39(44-38)25-11-5-3-6-12-25/h3-17,19,21-24,41H,18,20H2,1-2H3. The van der Waals surface area contributed by atoms with Crippen LogP contribution in [0.2, 0.25) is 0 Å². The second kappa shape index (κ2) is 9.32. The van der Waals surface area contributed by atoms with E-state index in [0.717, 1.165) is 45.9 Å². The summed E-state index contributed by atoms with van der Waals surface area (Å²) in [6, 6.07) is 40.9. The summed E-state index contributed by atoms with van der Waals surface area (Å²) in [4.78, 5) is 10.9. The molecule has 2 aromatic heterocycles. The molecular weight excluding hydrogens is 538 g/mol. The van der Waals surface area contributed by atoms with Gasteiger partial charge in [0, 0.05) is 49.9 Å². The molecule has 44 heavy (non-hydrogen) atoms. The van der Waals surface area contributed by atoms with Crippen molar-refractivity contribution in [1.82, 2.24) is 9.97 Å². The fraction of sp³-hybridized carbons (Fsp3) is 0.125. The minimum atomic E-state index is -0.109. The summed E-state index contributed by atoms with van der Waals surface area (Å²) in [7, 11) is 0. The molecule has 7 aromatic rings. The maximum atomic E-state index is 6.24. The first-order chi connectivity index (χ1) is 21.5. The second-order valence-corrected chi connectivity index (χ2v) is 12.5. The molecule has 0 bridgehead atoms. The smallest absolute Gasteiger partial charge is 0.227 e. The number of nitrogens with zero attached hydrogens (tertiary/aromatic N) is 2. The quantitative estimate of drug-likeness (QED) is 0.230. The zero-order valence-corrected chi connectivity index (χ0v) is 24.8. The van der Waals surface area contributed by atoms with Gasteiger partial charge in [-0.15, -0.1) is 0 Å². The highest BCUT2D eigenvalue weighted by Crippen LogP contribution is 2.52. The number of aromatic nitrogens is 2. The summed E-state index contributed by atoms with van der Waals surface area (Å²) >= 11 is 0. The molecule has 2 aliphatic rings. The van der Waals surface area contributed by atoms with E-state index in [1.54, 1.807) is 0 Å². The molecule has 1 N–H and O–H groups in total. The zero-order chi connectivity index (χ0) is 29.4. The molecule has 0 saturated heterocycles. The first-order valence-electron chi connectivity index (χ1n) is 15.4. The van der Waals surface area contributed by atoms with Crippen LogP contribution >= 0.6 is 0 Å². The molecule has 0 unspecified atom stereocenters. The van der Waals surface area contributed by atoms with E-state index >= 15 is 0 Å². The van der Waals surface area contributed by atoms with Crippen LogP contribution in [-0.4, -0.2) is 9.97 Å². The van der Waals surface area contributed by atoms with Crippen LogP contribution in [0.15, 0.2) is 137 Å². The minimum absolute atomic E-state index is 0.109. The number of para-hydroxylation sites is 2. The maximum absolute atomic E-state index is 6.24. The van der Waals surface area contributed by atoms with E-state index in [2.05, 4.69) is 115 Å². The van der Waals surface area contributed by atoms with Crippen LogP contribution < -0.4 is 4.90 Å². The third-order valence-corrected chi connectivity index (χ3v) is 9.53. The molecule has 5 aromatic carbocycles. The number of benzene rings is 5. The van der Waals surface area contributed by atoms with Gasteiger partial charge in [-0.2, -0.15) is 0 Å². The molecule has 0 amide bonds. The van der Waals surface area contributed by atoms with E-state index in [1.165, 1.54) is 44.7 Å². The number of rotatable bonds is 3. The SMILES string of the molecule is CC1(C)C2=C(CCC(c3ccc4[nH]c5cc6nc(-c7ccccc7)oc6cc5c4c3)=C2)N(c2ccccc2)c2ccccc21. The van der Waals surface area contributed by atoms with Crippen molar-refractivity contribution in [3.8, 4) is 11.5 Å². The molecule has 0 saturated carbocycles. The number of allylic oxidation sites excluding steroid dienone is 4. The fourth-order valence-electron chi connectivity index (χ4n) is 7.30. The van der Waals surface area contributed by atoms with Gasteiger partial charge in [0.05, 0.1) is 0 Å². The van der Waals surface area contributed by atoms with Crippen LogP contribution in [0.1, 0.15) is 37.8 Å². The van der Waals surface area contributed by atoms with Crippen LogP contribution in [0, 0.1) is 0 Å². The van der Waals surface area contributed by atoms with Gasteiger partial charge in [0.15, 0.2) is 5.58 Å². The van der Waals surface area contributed by atoms with Gasteiger partial charge in [-0.05, 0) is 89.7 Å². The number of hydrogen-bond acceptors (Lipinski definition) is 3. The Balaban J connectivity index is 1.17. The van der Waals surface area contributed by atoms with Gasteiger partial charge in [0.25, 0.3) is 0 Å². The lowest BCUT2D eigenvalue weighted by Crippen LogP contribution is -2.35. The van der Waals surface area contributed by atoms with E-state index in [1.807, 2.05) is 30.3 Å². The van der Waals surface area contributed by atoms with Crippen molar-refractivity contribution < 1.29 is 4.42 Å². The van der Waals surface area contributed by atoms with Crippen LogP contribution in [0.25, 0.3) is 49.9 Å². The van der Waals surface area contributed by atoms with E-state index in [-0.39, 0.29) is 5.41 Å². The summed E-state index contributed by atoms with van der Waals surface area (Å²) < 4.78 is 6.24. The Bertz CT molecular complexity index is 2300. The van der Waals surface area contributed by atoms with Crippen LogP contribution in [0.3, 0.4) is 0 Å². The number of H-pyrrole nitrogens is 1. The van der Waals surface area contributed by atoms with Gasteiger partial charge in [-0.25, -0.2) is 4.98 Å². The summed E-state index contributed by atoms with van der Waals surface area (Å²) in [5.74, 6) is 0.649. The normalized spacial score (nSPS) is 16.0. The van der Waals surface area contributed by atoms with Gasteiger partial charge in [0.2, 0.25) is 5.89 Å². The minimum Gasteiger partial charge on any atom is -0.436 e. The first kappa shape index (κ1) is 25.2. The molecule has 4 heteroatoms. The predicted molar refractivity (Wildman–Crippen MR) is 181 cm³/mol. The summed E-state index contributed by atoms with van der Waals surface area (Å²) in [6.45, 7) is 4.75. The highest BCUT2D eigenvalue weighted by molar-refractivity contribution is 6.11. The molecular formula is C40H31N3O. The van der Waals surface area contributed by atoms with Gasteiger partial charge in [-0.1, -0.05) is 80.6 Å². The Morgan fingerprint density at radius 3 is 2.32 bits per heavy atom. The van der Waals surface area contributed by atoms with Gasteiger partial charge in [0.1, 0.15) is 5.52 Å². The number of anilines is 2. The maximum Gasteiger partial charge on any atom is 0.227 e. The lowest BCUT2D eigenvalue weighted by Gasteiger charge is -2.45. The zero-order valence-electron chi connectivity index (χ0n) is 24.8. The van der Waals surface area contributed by atoms with E-state index < -0.39 is 0 Å². The van der Waals surface area contributed by atoms with Crippen molar-refractivity contribution in [2.75, 3.05) is 4.90 Å². The van der Waals surface area contributed by atoms with E-state index in [4.69, 9.17) is 9.40 Å². The second-order valence-electron chi connectivity index (χ2n) is 12.5. The van der Waals surface area contributed by atoms with Gasteiger partial charge in [-0.3, -0.25) is 0 Å². The number of aromatic amines is 1. The molecule has 1 aliphatic heterocycles. The third kappa shape index (κ3) is 3.74. The van der Waals surface area contributed by atoms with Crippen molar-refractivity contribution in [3.63, 3.8) is 0 Å². The third-order valence-electron chi connectivity index (χ3n) is 9.53.